The van der Waals surface area contributed by atoms with E-state index in [2.05, 4.69) is 11.4 Å². The van der Waals surface area contributed by atoms with Gasteiger partial charge in [0, 0.05) is 13.1 Å². The van der Waals surface area contributed by atoms with Gasteiger partial charge in [0.2, 0.25) is 5.91 Å². The van der Waals surface area contributed by atoms with E-state index in [1.807, 2.05) is 18.2 Å². The minimum atomic E-state index is -1.09. The molecule has 2 N–H and O–H groups in total. The smallest absolute Gasteiger partial charge is 0.323 e. The van der Waals surface area contributed by atoms with Gasteiger partial charge in [-0.3, -0.25) is 14.9 Å². The van der Waals surface area contributed by atoms with Crippen molar-refractivity contribution >= 4 is 11.9 Å². The molecule has 0 fully saturated rings. The van der Waals surface area contributed by atoms with Crippen LogP contribution in [0.1, 0.15) is 25.0 Å². The van der Waals surface area contributed by atoms with Gasteiger partial charge in [-0.1, -0.05) is 24.3 Å². The number of nitrogens with one attached hydrogen (secondary N) is 1. The summed E-state index contributed by atoms with van der Waals surface area (Å²) in [6.45, 7) is 4.43. The fourth-order valence-electron chi connectivity index (χ4n) is 2.19. The lowest BCUT2D eigenvalue weighted by Gasteiger charge is -2.30. The van der Waals surface area contributed by atoms with Crippen LogP contribution < -0.4 is 5.32 Å². The minimum Gasteiger partial charge on any atom is -0.480 e. The predicted octanol–water partition coefficient (Wildman–Crippen LogP) is 1.02. The lowest BCUT2D eigenvalue weighted by molar-refractivity contribution is -0.143. The van der Waals surface area contributed by atoms with Gasteiger partial charge in [-0.25, -0.2) is 0 Å². The molecule has 0 aromatic heterocycles. The van der Waals surface area contributed by atoms with Gasteiger partial charge in [-0.2, -0.15) is 0 Å². The third-order valence-corrected chi connectivity index (χ3v) is 3.70. The van der Waals surface area contributed by atoms with Gasteiger partial charge >= 0.3 is 5.97 Å². The van der Waals surface area contributed by atoms with Crippen molar-refractivity contribution < 1.29 is 14.7 Å². The zero-order chi connectivity index (χ0) is 14.8. The van der Waals surface area contributed by atoms with Crippen molar-refractivity contribution in [3.05, 3.63) is 35.4 Å². The number of carbonyl (C=O) groups excluding carboxylic acids is 1. The average Bonchev–Trinajstić information content (AvgIpc) is 2.44. The SMILES string of the molecule is CC(C)(NCC(=O)N1CCc2ccccc2C1)C(=O)O. The van der Waals surface area contributed by atoms with E-state index in [0.29, 0.717) is 13.1 Å². The number of aliphatic carboxylic acids is 1. The molecule has 5 heteroatoms. The second-order valence-electron chi connectivity index (χ2n) is 5.62. The van der Waals surface area contributed by atoms with Gasteiger partial charge in [0.25, 0.3) is 0 Å². The number of carboxylic acids is 1. The van der Waals surface area contributed by atoms with E-state index in [9.17, 15) is 9.59 Å². The predicted molar refractivity (Wildman–Crippen MR) is 75.3 cm³/mol. The molecule has 0 spiro atoms. The van der Waals surface area contributed by atoms with Crippen LogP contribution in [0.4, 0.5) is 0 Å². The number of carboxylic acid groups (broad SMARTS) is 1. The third kappa shape index (κ3) is 3.17. The van der Waals surface area contributed by atoms with E-state index in [1.165, 1.54) is 11.1 Å². The summed E-state index contributed by atoms with van der Waals surface area (Å²) in [4.78, 5) is 24.9. The zero-order valence-electron chi connectivity index (χ0n) is 11.8. The second kappa shape index (κ2) is 5.63. The van der Waals surface area contributed by atoms with Gasteiger partial charge in [-0.05, 0) is 31.4 Å². The molecule has 1 aliphatic heterocycles. The van der Waals surface area contributed by atoms with Crippen molar-refractivity contribution in [2.75, 3.05) is 13.1 Å². The maximum Gasteiger partial charge on any atom is 0.323 e. The molecule has 108 valence electrons. The average molecular weight is 276 g/mol. The Bertz CT molecular complexity index is 526. The van der Waals surface area contributed by atoms with Crippen LogP contribution in [-0.4, -0.2) is 40.5 Å². The number of nitrogens with zero attached hydrogens (tertiary/aromatic N) is 1. The number of amides is 1. The summed E-state index contributed by atoms with van der Waals surface area (Å²) < 4.78 is 0. The van der Waals surface area contributed by atoms with Gasteiger partial charge in [-0.15, -0.1) is 0 Å². The van der Waals surface area contributed by atoms with Crippen molar-refractivity contribution in [3.63, 3.8) is 0 Å². The van der Waals surface area contributed by atoms with E-state index in [4.69, 9.17) is 5.11 Å². The molecule has 1 amide bonds. The number of carbonyl (C=O) groups is 2. The van der Waals surface area contributed by atoms with Gasteiger partial charge in [0.15, 0.2) is 0 Å². The molecule has 0 unspecified atom stereocenters. The summed E-state index contributed by atoms with van der Waals surface area (Å²) in [7, 11) is 0. The molecule has 1 aliphatic rings. The van der Waals surface area contributed by atoms with Crippen molar-refractivity contribution in [2.45, 2.75) is 32.4 Å². The van der Waals surface area contributed by atoms with Crippen molar-refractivity contribution in [2.24, 2.45) is 0 Å². The molecule has 0 saturated heterocycles. The quantitative estimate of drug-likeness (QED) is 0.861. The maximum atomic E-state index is 12.1. The molecular formula is C15H20N2O3. The van der Waals surface area contributed by atoms with Crippen LogP contribution in [0.15, 0.2) is 24.3 Å². The lowest BCUT2D eigenvalue weighted by Crippen LogP contribution is -2.51. The maximum absolute atomic E-state index is 12.1. The first-order valence-corrected chi connectivity index (χ1v) is 6.73. The highest BCUT2D eigenvalue weighted by molar-refractivity contribution is 5.81. The summed E-state index contributed by atoms with van der Waals surface area (Å²) in [5.74, 6) is -1.02. The number of hydrogen-bond donors (Lipinski definition) is 2. The summed E-state index contributed by atoms with van der Waals surface area (Å²) in [6, 6.07) is 8.10. The molecule has 1 heterocycles. The molecular weight excluding hydrogens is 256 g/mol. The molecule has 0 bridgehead atoms. The second-order valence-corrected chi connectivity index (χ2v) is 5.62. The largest absolute Gasteiger partial charge is 0.480 e. The van der Waals surface area contributed by atoms with Gasteiger partial charge in [0.05, 0.1) is 6.54 Å². The fourth-order valence-corrected chi connectivity index (χ4v) is 2.19. The topological polar surface area (TPSA) is 69.6 Å². The number of benzene rings is 1. The Morgan fingerprint density at radius 1 is 1.30 bits per heavy atom. The molecule has 0 radical (unpaired) electrons. The van der Waals surface area contributed by atoms with E-state index in [1.54, 1.807) is 18.7 Å². The van der Waals surface area contributed by atoms with Crippen LogP contribution >= 0.6 is 0 Å². The zero-order valence-corrected chi connectivity index (χ0v) is 11.8. The molecule has 0 aliphatic carbocycles. The van der Waals surface area contributed by atoms with E-state index in [-0.39, 0.29) is 12.5 Å². The van der Waals surface area contributed by atoms with Crippen molar-refractivity contribution in [1.29, 1.82) is 0 Å². The third-order valence-electron chi connectivity index (χ3n) is 3.70. The molecule has 2 rings (SSSR count). The van der Waals surface area contributed by atoms with Crippen molar-refractivity contribution in [1.82, 2.24) is 10.2 Å². The Morgan fingerprint density at radius 3 is 2.60 bits per heavy atom. The normalized spacial score (nSPS) is 14.8. The molecule has 0 atom stereocenters. The highest BCUT2D eigenvalue weighted by Crippen LogP contribution is 2.18. The molecule has 20 heavy (non-hydrogen) atoms. The summed E-state index contributed by atoms with van der Waals surface area (Å²) >= 11 is 0. The molecule has 1 aromatic carbocycles. The first kappa shape index (κ1) is 14.5. The van der Waals surface area contributed by atoms with E-state index in [0.717, 1.165) is 6.42 Å². The molecule has 0 saturated carbocycles. The Morgan fingerprint density at radius 2 is 1.95 bits per heavy atom. The first-order valence-electron chi connectivity index (χ1n) is 6.73. The highest BCUT2D eigenvalue weighted by atomic mass is 16.4. The Kier molecular flexibility index (Phi) is 4.09. The van der Waals surface area contributed by atoms with Gasteiger partial charge < -0.3 is 10.0 Å². The number of hydrogen-bond acceptors (Lipinski definition) is 3. The number of rotatable bonds is 4. The fraction of sp³-hybridized carbons (Fsp3) is 0.467. The highest BCUT2D eigenvalue weighted by Gasteiger charge is 2.28. The standard InChI is InChI=1S/C15H20N2O3/c1-15(2,14(19)20)16-9-13(18)17-8-7-11-5-3-4-6-12(11)10-17/h3-6,16H,7-10H2,1-2H3,(H,19,20). The number of fused-ring (bicyclic) bond motifs is 1. The summed E-state index contributed by atoms with van der Waals surface area (Å²) in [5.41, 5.74) is 1.36. The van der Waals surface area contributed by atoms with Crippen LogP contribution in [0.25, 0.3) is 0 Å². The van der Waals surface area contributed by atoms with Crippen LogP contribution in [0, 0.1) is 0 Å². The molecule has 1 aromatic rings. The Labute approximate surface area is 118 Å². The Hall–Kier alpha value is -1.88. The lowest BCUT2D eigenvalue weighted by atomic mass is 10.00. The summed E-state index contributed by atoms with van der Waals surface area (Å²) in [5, 5.41) is 11.8. The summed E-state index contributed by atoms with van der Waals surface area (Å²) in [6.07, 6.45) is 0.851. The van der Waals surface area contributed by atoms with Crippen LogP contribution in [0.3, 0.4) is 0 Å². The van der Waals surface area contributed by atoms with Gasteiger partial charge in [0.1, 0.15) is 5.54 Å². The first-order chi connectivity index (χ1) is 9.40. The van der Waals surface area contributed by atoms with E-state index < -0.39 is 11.5 Å². The minimum absolute atomic E-state index is 0.0431. The van der Waals surface area contributed by atoms with E-state index >= 15 is 0 Å². The van der Waals surface area contributed by atoms with Crippen LogP contribution in [-0.2, 0) is 22.6 Å². The Balaban J connectivity index is 1.94. The van der Waals surface area contributed by atoms with Crippen molar-refractivity contribution in [3.8, 4) is 0 Å². The van der Waals surface area contributed by atoms with Crippen LogP contribution in [0.2, 0.25) is 0 Å². The van der Waals surface area contributed by atoms with Crippen LogP contribution in [0.5, 0.6) is 0 Å². The molecule has 5 nitrogen and oxygen atoms in total. The monoisotopic (exact) mass is 276 g/mol.